The third-order valence-electron chi connectivity index (χ3n) is 2.33. The quantitative estimate of drug-likeness (QED) is 0.806. The van der Waals surface area contributed by atoms with E-state index in [0.29, 0.717) is 12.4 Å². The molecular formula is C11H21N3O3. The molecule has 1 heterocycles. The Hall–Kier alpha value is -0.980. The molecule has 1 rings (SSSR count). The molecule has 0 bridgehead atoms. The number of aliphatic hydroxyl groups is 1. The van der Waals surface area contributed by atoms with E-state index in [1.165, 1.54) is 0 Å². The third-order valence-corrected chi connectivity index (χ3v) is 2.33. The van der Waals surface area contributed by atoms with Gasteiger partial charge in [-0.15, -0.1) is 0 Å². The average molecular weight is 243 g/mol. The standard InChI is InChI=1S/C11H21N3O3/c1-5-16-8(11(2,3)4)9-13-10(17-14-9)7(12)6-15/h7-8,15H,5-6,12H2,1-4H3. The van der Waals surface area contributed by atoms with Crippen molar-refractivity contribution in [3.05, 3.63) is 11.7 Å². The highest BCUT2D eigenvalue weighted by atomic mass is 16.5. The molecule has 0 fully saturated rings. The van der Waals surface area contributed by atoms with Crippen molar-refractivity contribution in [2.75, 3.05) is 13.2 Å². The predicted octanol–water partition coefficient (Wildman–Crippen LogP) is 1.19. The lowest BCUT2D eigenvalue weighted by Crippen LogP contribution is -2.23. The minimum Gasteiger partial charge on any atom is -0.394 e. The minimum atomic E-state index is -0.640. The molecule has 0 aliphatic carbocycles. The normalized spacial score (nSPS) is 15.9. The lowest BCUT2D eigenvalue weighted by Gasteiger charge is -2.27. The van der Waals surface area contributed by atoms with Crippen LogP contribution in [-0.2, 0) is 4.74 Å². The number of nitrogens with two attached hydrogens (primary N) is 1. The molecular weight excluding hydrogens is 222 g/mol. The topological polar surface area (TPSA) is 94.4 Å². The summed E-state index contributed by atoms with van der Waals surface area (Å²) in [4.78, 5) is 4.18. The Morgan fingerprint density at radius 2 is 2.12 bits per heavy atom. The van der Waals surface area contributed by atoms with Gasteiger partial charge in [0.25, 0.3) is 0 Å². The van der Waals surface area contributed by atoms with Gasteiger partial charge in [0.05, 0.1) is 6.61 Å². The molecule has 2 atom stereocenters. The Kier molecular flexibility index (Phi) is 4.62. The molecule has 0 saturated carbocycles. The van der Waals surface area contributed by atoms with Crippen molar-refractivity contribution < 1.29 is 14.4 Å². The number of aromatic nitrogens is 2. The Bertz CT molecular complexity index is 346. The molecule has 0 aromatic carbocycles. The third kappa shape index (κ3) is 3.49. The van der Waals surface area contributed by atoms with E-state index in [2.05, 4.69) is 10.1 Å². The first-order valence-corrected chi connectivity index (χ1v) is 5.71. The van der Waals surface area contributed by atoms with Crippen molar-refractivity contribution in [3.8, 4) is 0 Å². The van der Waals surface area contributed by atoms with Crippen molar-refractivity contribution in [1.82, 2.24) is 10.1 Å². The molecule has 0 radical (unpaired) electrons. The van der Waals surface area contributed by atoms with Crippen LogP contribution in [0.5, 0.6) is 0 Å². The SMILES string of the molecule is CCOC(c1noc(C(N)CO)n1)C(C)(C)C. The molecule has 98 valence electrons. The van der Waals surface area contributed by atoms with E-state index in [1.807, 2.05) is 27.7 Å². The first-order valence-electron chi connectivity index (χ1n) is 5.71. The fourth-order valence-corrected chi connectivity index (χ4v) is 1.46. The van der Waals surface area contributed by atoms with Crippen molar-refractivity contribution in [3.63, 3.8) is 0 Å². The van der Waals surface area contributed by atoms with Crippen LogP contribution in [0.3, 0.4) is 0 Å². The molecule has 0 aliphatic heterocycles. The Morgan fingerprint density at radius 1 is 1.47 bits per heavy atom. The number of hydrogen-bond donors (Lipinski definition) is 2. The maximum atomic E-state index is 8.92. The van der Waals surface area contributed by atoms with Gasteiger partial charge in [-0.3, -0.25) is 0 Å². The monoisotopic (exact) mass is 243 g/mol. The van der Waals surface area contributed by atoms with Gasteiger partial charge in [0.1, 0.15) is 12.1 Å². The van der Waals surface area contributed by atoms with Gasteiger partial charge < -0.3 is 20.1 Å². The Morgan fingerprint density at radius 3 is 2.59 bits per heavy atom. The predicted molar refractivity (Wildman–Crippen MR) is 62.1 cm³/mol. The molecule has 0 amide bonds. The fourth-order valence-electron chi connectivity index (χ4n) is 1.46. The molecule has 0 spiro atoms. The van der Waals surface area contributed by atoms with E-state index in [0.717, 1.165) is 0 Å². The van der Waals surface area contributed by atoms with Crippen LogP contribution in [0.4, 0.5) is 0 Å². The molecule has 0 saturated heterocycles. The number of aliphatic hydroxyl groups excluding tert-OH is 1. The summed E-state index contributed by atoms with van der Waals surface area (Å²) in [6, 6.07) is -0.640. The number of nitrogens with zero attached hydrogens (tertiary/aromatic N) is 2. The van der Waals surface area contributed by atoms with Crippen molar-refractivity contribution >= 4 is 0 Å². The van der Waals surface area contributed by atoms with E-state index in [9.17, 15) is 0 Å². The zero-order valence-electron chi connectivity index (χ0n) is 10.8. The van der Waals surface area contributed by atoms with Crippen LogP contribution in [0.2, 0.25) is 0 Å². The summed E-state index contributed by atoms with van der Waals surface area (Å²) in [6.07, 6.45) is -0.254. The van der Waals surface area contributed by atoms with E-state index < -0.39 is 6.04 Å². The molecule has 6 heteroatoms. The van der Waals surface area contributed by atoms with Gasteiger partial charge in [0, 0.05) is 6.61 Å². The van der Waals surface area contributed by atoms with Crippen LogP contribution in [-0.4, -0.2) is 28.5 Å². The van der Waals surface area contributed by atoms with Crippen LogP contribution in [0, 0.1) is 5.41 Å². The number of hydrogen-bond acceptors (Lipinski definition) is 6. The van der Waals surface area contributed by atoms with E-state index in [-0.39, 0.29) is 24.0 Å². The van der Waals surface area contributed by atoms with Gasteiger partial charge in [-0.05, 0) is 12.3 Å². The first kappa shape index (κ1) is 14.1. The van der Waals surface area contributed by atoms with Crippen LogP contribution in [0.25, 0.3) is 0 Å². The molecule has 1 aromatic rings. The van der Waals surface area contributed by atoms with Gasteiger partial charge in [-0.25, -0.2) is 0 Å². The molecule has 2 unspecified atom stereocenters. The molecule has 0 aliphatic rings. The van der Waals surface area contributed by atoms with Crippen LogP contribution in [0.15, 0.2) is 4.52 Å². The second-order valence-electron chi connectivity index (χ2n) is 4.98. The zero-order valence-corrected chi connectivity index (χ0v) is 10.8. The van der Waals surface area contributed by atoms with Gasteiger partial charge in [0.2, 0.25) is 11.7 Å². The van der Waals surface area contributed by atoms with E-state index >= 15 is 0 Å². The lowest BCUT2D eigenvalue weighted by molar-refractivity contribution is -0.0203. The fraction of sp³-hybridized carbons (Fsp3) is 0.818. The summed E-state index contributed by atoms with van der Waals surface area (Å²) < 4.78 is 10.6. The second-order valence-corrected chi connectivity index (χ2v) is 4.98. The molecule has 3 N–H and O–H groups in total. The molecule has 1 aromatic heterocycles. The van der Waals surface area contributed by atoms with Crippen LogP contribution >= 0.6 is 0 Å². The zero-order chi connectivity index (χ0) is 13.1. The van der Waals surface area contributed by atoms with Gasteiger partial charge >= 0.3 is 0 Å². The minimum absolute atomic E-state index is 0.138. The maximum absolute atomic E-state index is 8.92. The molecule has 6 nitrogen and oxygen atoms in total. The lowest BCUT2D eigenvalue weighted by atomic mass is 9.88. The van der Waals surface area contributed by atoms with Crippen molar-refractivity contribution in [1.29, 1.82) is 0 Å². The Labute approximate surface area is 101 Å². The van der Waals surface area contributed by atoms with Crippen LogP contribution < -0.4 is 5.73 Å². The summed E-state index contributed by atoms with van der Waals surface area (Å²) in [6.45, 7) is 8.37. The highest BCUT2D eigenvalue weighted by molar-refractivity contribution is 4.98. The maximum Gasteiger partial charge on any atom is 0.246 e. The second kappa shape index (κ2) is 5.57. The smallest absolute Gasteiger partial charge is 0.246 e. The van der Waals surface area contributed by atoms with E-state index in [1.54, 1.807) is 0 Å². The Balaban J connectivity index is 2.92. The largest absolute Gasteiger partial charge is 0.394 e. The number of ether oxygens (including phenoxy) is 1. The highest BCUT2D eigenvalue weighted by Gasteiger charge is 2.31. The summed E-state index contributed by atoms with van der Waals surface area (Å²) >= 11 is 0. The average Bonchev–Trinajstić information content (AvgIpc) is 2.72. The number of rotatable bonds is 5. The summed E-state index contributed by atoms with van der Waals surface area (Å²) in [5.74, 6) is 0.703. The highest BCUT2D eigenvalue weighted by Crippen LogP contribution is 2.34. The van der Waals surface area contributed by atoms with Crippen molar-refractivity contribution in [2.45, 2.75) is 39.8 Å². The first-order chi connectivity index (χ1) is 7.90. The summed E-state index contributed by atoms with van der Waals surface area (Å²) in [7, 11) is 0. The van der Waals surface area contributed by atoms with Gasteiger partial charge in [-0.2, -0.15) is 4.98 Å². The van der Waals surface area contributed by atoms with Gasteiger partial charge in [-0.1, -0.05) is 25.9 Å². The van der Waals surface area contributed by atoms with Gasteiger partial charge in [0.15, 0.2) is 0 Å². The summed E-state index contributed by atoms with van der Waals surface area (Å²) in [5.41, 5.74) is 5.47. The van der Waals surface area contributed by atoms with Crippen LogP contribution in [0.1, 0.15) is 51.6 Å². The van der Waals surface area contributed by atoms with Crippen molar-refractivity contribution in [2.24, 2.45) is 11.1 Å². The summed E-state index contributed by atoms with van der Waals surface area (Å²) in [5, 5.41) is 12.8. The molecule has 17 heavy (non-hydrogen) atoms. The van der Waals surface area contributed by atoms with E-state index in [4.69, 9.17) is 20.1 Å².